The molecule has 1 aromatic rings. The van der Waals surface area contributed by atoms with E-state index in [0.717, 1.165) is 6.42 Å². The molecule has 0 heterocycles. The standard InChI is InChI=1S/C26H39F4N5O4S.C20H39N5O5.CH3F/c1-15(34-38)25(3,4)32-13-11-17(33-26(5,6)16(2)35-39)10-12-31-20(36)8-7-9-21(37)40-24-22(29)18(27)14-19(28)23(24)30;1-14(24-29)19(3,4)22-13-11-16(23-20(5,6)15(2)25-30)10-12-21-17(26)8-7-9-18(27)28;1-2/h14,17,32-33,38-39H,7-13H2,1-6H3,(H,31,36);16,22-23,29-30H,7-13H2,1-6H3,(H,21,26)(H,27,28);1H3/b34-15-,35-16-;24-14-,25-15-;/i;;1D. The number of hydrogen-bond acceptors (Lipinski definition) is 17. The van der Waals surface area contributed by atoms with Crippen LogP contribution >= 0.6 is 11.8 Å². The fourth-order valence-corrected chi connectivity index (χ4v) is 7.08. The summed E-state index contributed by atoms with van der Waals surface area (Å²) in [5, 5.41) is 76.6. The van der Waals surface area contributed by atoms with Crippen LogP contribution in [0.1, 0.15) is 149 Å². The van der Waals surface area contributed by atoms with Crippen molar-refractivity contribution in [3.05, 3.63) is 29.3 Å². The van der Waals surface area contributed by atoms with Gasteiger partial charge < -0.3 is 57.8 Å². The Morgan fingerprint density at radius 3 is 1.24 bits per heavy atom. The third kappa shape index (κ3) is 27.2. The van der Waals surface area contributed by atoms with Crippen LogP contribution in [0.4, 0.5) is 22.0 Å². The number of amides is 2. The summed E-state index contributed by atoms with van der Waals surface area (Å²) in [7, 11) is -1.00. The number of aliphatic carboxylic acids is 1. The molecule has 2 amide bonds. The molecular formula is C47H81F5N10O9S. The molecule has 0 saturated heterocycles. The van der Waals surface area contributed by atoms with E-state index >= 15 is 0 Å². The van der Waals surface area contributed by atoms with E-state index in [0.29, 0.717) is 74.7 Å². The molecule has 2 unspecified atom stereocenters. The second-order valence-corrected chi connectivity index (χ2v) is 20.1. The number of thioether (sulfide) groups is 1. The Kier molecular flexibility index (Phi) is 32.1. The predicted molar refractivity (Wildman–Crippen MR) is 270 cm³/mol. The van der Waals surface area contributed by atoms with Crippen LogP contribution in [0.25, 0.3) is 0 Å². The first kappa shape index (κ1) is 67.0. The van der Waals surface area contributed by atoms with Gasteiger partial charge in [-0.2, -0.15) is 0 Å². The van der Waals surface area contributed by atoms with Gasteiger partial charge in [0.2, 0.25) is 11.8 Å². The fourth-order valence-electron chi connectivity index (χ4n) is 6.23. The number of benzene rings is 1. The molecule has 0 saturated carbocycles. The lowest BCUT2D eigenvalue weighted by Crippen LogP contribution is -2.53. The Morgan fingerprint density at radius 2 is 0.903 bits per heavy atom. The van der Waals surface area contributed by atoms with Gasteiger partial charge in [0.05, 0.1) is 58.4 Å². The molecule has 0 aliphatic rings. The van der Waals surface area contributed by atoms with Gasteiger partial charge in [-0.25, -0.2) is 17.6 Å². The van der Waals surface area contributed by atoms with Crippen LogP contribution in [-0.4, -0.2) is 139 Å². The lowest BCUT2D eigenvalue weighted by atomic mass is 9.95. The Labute approximate surface area is 426 Å². The van der Waals surface area contributed by atoms with E-state index in [1.54, 1.807) is 27.7 Å². The third-order valence-corrected chi connectivity index (χ3v) is 13.0. The summed E-state index contributed by atoms with van der Waals surface area (Å²) in [6.07, 6.45) is 2.78. The third-order valence-electron chi connectivity index (χ3n) is 12.0. The number of carbonyl (C=O) groups excluding carboxylic acids is 3. The van der Waals surface area contributed by atoms with E-state index in [9.17, 15) is 46.3 Å². The summed E-state index contributed by atoms with van der Waals surface area (Å²) in [4.78, 5) is 45.7. The topological polar surface area (TPSA) is 291 Å². The Hall–Kier alpha value is -4.98. The molecule has 19 nitrogen and oxygen atoms in total. The van der Waals surface area contributed by atoms with E-state index in [1.807, 2.05) is 55.4 Å². The molecule has 0 bridgehead atoms. The first-order valence-corrected chi connectivity index (χ1v) is 24.1. The minimum absolute atomic E-state index is 0.00527. The molecule has 0 radical (unpaired) electrons. The first-order valence-electron chi connectivity index (χ1n) is 24.0. The first-order chi connectivity index (χ1) is 33.8. The van der Waals surface area contributed by atoms with Crippen molar-refractivity contribution < 1.29 is 68.4 Å². The Bertz CT molecular complexity index is 1990. The summed E-state index contributed by atoms with van der Waals surface area (Å²) in [6, 6.07) is -0.0436. The number of carbonyl (C=O) groups is 4. The average Bonchev–Trinajstić information content (AvgIpc) is 3.30. The molecule has 0 aromatic heterocycles. The summed E-state index contributed by atoms with van der Waals surface area (Å²) >= 11 is 0.0567. The molecule has 25 heteroatoms. The molecule has 0 aliphatic carbocycles. The second kappa shape index (κ2) is 34.4. The highest BCUT2D eigenvalue weighted by Gasteiger charge is 2.29. The summed E-state index contributed by atoms with van der Waals surface area (Å²) in [5.41, 5.74) is -0.0706. The van der Waals surface area contributed by atoms with Crippen LogP contribution in [0.15, 0.2) is 31.6 Å². The molecule has 11 N–H and O–H groups in total. The van der Waals surface area contributed by atoms with Crippen molar-refractivity contribution in [1.82, 2.24) is 31.9 Å². The van der Waals surface area contributed by atoms with Gasteiger partial charge in [0, 0.05) is 56.9 Å². The van der Waals surface area contributed by atoms with Crippen LogP contribution in [0.5, 0.6) is 0 Å². The fraction of sp³-hybridized carbons (Fsp3) is 0.702. The smallest absolute Gasteiger partial charge is 0.303 e. The highest BCUT2D eigenvalue weighted by atomic mass is 32.2. The Balaban J connectivity index is 0. The molecule has 0 fully saturated rings. The number of alkyl halides is 1. The van der Waals surface area contributed by atoms with Gasteiger partial charge in [-0.05, 0) is 146 Å². The highest BCUT2D eigenvalue weighted by Crippen LogP contribution is 2.30. The Morgan fingerprint density at radius 1 is 0.583 bits per heavy atom. The molecule has 0 spiro atoms. The number of nitrogens with one attached hydrogen (secondary N) is 6. The molecule has 0 aliphatic heterocycles. The zero-order valence-electron chi connectivity index (χ0n) is 44.8. The molecule has 1 aromatic carbocycles. The lowest BCUT2D eigenvalue weighted by molar-refractivity contribution is -0.137. The monoisotopic (exact) mass is 1060 g/mol. The lowest BCUT2D eigenvalue weighted by Gasteiger charge is -2.33. The molecular weight excluding hydrogens is 976 g/mol. The molecule has 2 atom stereocenters. The van der Waals surface area contributed by atoms with Crippen molar-refractivity contribution in [2.24, 2.45) is 20.6 Å². The van der Waals surface area contributed by atoms with Crippen LogP contribution < -0.4 is 31.9 Å². The zero-order chi connectivity index (χ0) is 56.8. The SMILES string of the molecule is C/C(=N/O)C(C)(C)NCCC(CCNC(=O)CCCC(=O)O)NC(C)(C)/C(C)=N\O.C/C(=N/O)C(C)(C)NCCC(CCNC(=O)CCCC(=O)Sc1c(F)c(F)cc(F)c1F)NC(C)(C)/C(C)=N\O.[2H]CF. The van der Waals surface area contributed by atoms with Crippen molar-refractivity contribution in [2.75, 3.05) is 33.3 Å². The normalized spacial score (nSPS) is 14.0. The van der Waals surface area contributed by atoms with Crippen molar-refractivity contribution in [2.45, 2.75) is 186 Å². The van der Waals surface area contributed by atoms with E-state index in [4.69, 9.17) is 22.1 Å². The number of hydrogen-bond donors (Lipinski definition) is 11. The quantitative estimate of drug-likeness (QED) is 0.00872. The number of carboxylic acid groups (broad SMARTS) is 1. The van der Waals surface area contributed by atoms with Gasteiger partial charge in [0.1, 0.15) is 0 Å². The minimum atomic E-state index is -1.64. The average molecular weight is 1060 g/mol. The van der Waals surface area contributed by atoms with E-state index in [2.05, 4.69) is 52.5 Å². The highest BCUT2D eigenvalue weighted by molar-refractivity contribution is 8.13. The molecule has 414 valence electrons. The van der Waals surface area contributed by atoms with Gasteiger partial charge in [0.25, 0.3) is 0 Å². The van der Waals surface area contributed by atoms with Gasteiger partial charge in [-0.15, -0.1) is 0 Å². The minimum Gasteiger partial charge on any atom is -0.481 e. The summed E-state index contributed by atoms with van der Waals surface area (Å²) < 4.78 is 69.6. The van der Waals surface area contributed by atoms with E-state index < -0.39 is 68.6 Å². The molecule has 1 rings (SSSR count). The van der Waals surface area contributed by atoms with Gasteiger partial charge in [-0.3, -0.25) is 23.6 Å². The maximum atomic E-state index is 13.8. The van der Waals surface area contributed by atoms with Crippen LogP contribution in [0.3, 0.4) is 0 Å². The summed E-state index contributed by atoms with van der Waals surface area (Å²) in [6.45, 7) is 23.9. The maximum Gasteiger partial charge on any atom is 0.303 e. The number of nitrogens with zero attached hydrogens (tertiary/aromatic N) is 4. The van der Waals surface area contributed by atoms with Crippen molar-refractivity contribution in [1.29, 1.82) is 0 Å². The number of carboxylic acids is 1. The largest absolute Gasteiger partial charge is 0.481 e. The number of oxime groups is 4. The van der Waals surface area contributed by atoms with Crippen molar-refractivity contribution in [3.8, 4) is 0 Å². The number of halogens is 5. The predicted octanol–water partition coefficient (Wildman–Crippen LogP) is 7.26. The van der Waals surface area contributed by atoms with Crippen LogP contribution in [0.2, 0.25) is 0 Å². The van der Waals surface area contributed by atoms with Gasteiger partial charge >= 0.3 is 5.97 Å². The summed E-state index contributed by atoms with van der Waals surface area (Å²) in [5.74, 6) is -7.90. The van der Waals surface area contributed by atoms with Gasteiger partial charge in [0.15, 0.2) is 28.4 Å². The van der Waals surface area contributed by atoms with Crippen LogP contribution in [0, 0.1) is 23.3 Å². The molecule has 72 heavy (non-hydrogen) atoms. The van der Waals surface area contributed by atoms with Gasteiger partial charge in [-0.1, -0.05) is 20.6 Å². The van der Waals surface area contributed by atoms with Crippen molar-refractivity contribution >= 4 is 57.5 Å². The van der Waals surface area contributed by atoms with Crippen molar-refractivity contribution in [3.63, 3.8) is 0 Å². The second-order valence-electron chi connectivity index (χ2n) is 19.0. The zero-order valence-corrected chi connectivity index (χ0v) is 44.6. The maximum absolute atomic E-state index is 13.8. The van der Waals surface area contributed by atoms with E-state index in [-0.39, 0.29) is 73.8 Å². The number of rotatable bonds is 31. The van der Waals surface area contributed by atoms with E-state index in [1.165, 1.54) is 0 Å². The van der Waals surface area contributed by atoms with Crippen LogP contribution in [-0.2, 0) is 19.2 Å².